The van der Waals surface area contributed by atoms with Crippen LogP contribution >= 0.6 is 0 Å². The Labute approximate surface area is 133 Å². The maximum atomic E-state index is 13.1. The summed E-state index contributed by atoms with van der Waals surface area (Å²) in [5, 5.41) is 10.3. The van der Waals surface area contributed by atoms with E-state index in [2.05, 4.69) is 4.98 Å². The zero-order valence-corrected chi connectivity index (χ0v) is 13.0. The Morgan fingerprint density at radius 3 is 2.87 bits per heavy atom. The number of aliphatic hydroxyl groups excluding tert-OH is 1. The number of aliphatic hydroxyl groups is 1. The van der Waals surface area contributed by atoms with Gasteiger partial charge in [-0.05, 0) is 25.0 Å². The molecule has 0 unspecified atom stereocenters. The molecule has 1 fully saturated rings. The fraction of sp³-hybridized carbons (Fsp3) is 0.412. The van der Waals surface area contributed by atoms with Gasteiger partial charge in [0.25, 0.3) is 5.91 Å². The van der Waals surface area contributed by atoms with Crippen LogP contribution in [0.1, 0.15) is 18.2 Å². The lowest BCUT2D eigenvalue weighted by Gasteiger charge is -2.49. The molecule has 1 saturated heterocycles. The molecule has 4 rings (SSSR count). The molecule has 2 aliphatic rings. The van der Waals surface area contributed by atoms with E-state index in [1.807, 2.05) is 31.2 Å². The summed E-state index contributed by atoms with van der Waals surface area (Å²) in [4.78, 5) is 32.1. The van der Waals surface area contributed by atoms with Gasteiger partial charge in [-0.3, -0.25) is 9.59 Å². The topological polar surface area (TPSA) is 76.6 Å². The molecule has 0 bridgehead atoms. The van der Waals surface area contributed by atoms with Gasteiger partial charge < -0.3 is 19.9 Å². The fourth-order valence-corrected chi connectivity index (χ4v) is 3.98. The molecule has 6 heteroatoms. The quantitative estimate of drug-likeness (QED) is 0.852. The first-order valence-corrected chi connectivity index (χ1v) is 7.88. The number of amides is 2. The molecule has 0 saturated carbocycles. The number of H-pyrrole nitrogens is 1. The van der Waals surface area contributed by atoms with E-state index in [9.17, 15) is 14.7 Å². The maximum Gasteiger partial charge on any atom is 0.255 e. The number of rotatable bonds is 2. The number of β-amino-alcohol motifs (C(OH)–C–C–N with tert-alkyl or cyclic N) is 1. The van der Waals surface area contributed by atoms with Gasteiger partial charge in [0.1, 0.15) is 0 Å². The van der Waals surface area contributed by atoms with Crippen LogP contribution in [0.4, 0.5) is 0 Å². The highest BCUT2D eigenvalue weighted by molar-refractivity contribution is 6.00. The van der Waals surface area contributed by atoms with E-state index in [4.69, 9.17) is 0 Å². The number of nitrogens with zero attached hydrogens (tertiary/aromatic N) is 2. The number of piperazine rings is 1. The Balaban J connectivity index is 1.91. The molecule has 0 spiro atoms. The predicted molar refractivity (Wildman–Crippen MR) is 84.7 cm³/mol. The van der Waals surface area contributed by atoms with Crippen molar-refractivity contribution < 1.29 is 14.7 Å². The number of carbonyl (C=O) groups excluding carboxylic acids is 2. The number of para-hydroxylation sites is 1. The molecular weight excluding hydrogens is 294 g/mol. The standard InChI is InChI=1S/C17H19N3O3/c1-17-15-12(11-4-2-3-5-13(11)18-15)6-7-20(17)14(22)10-19(8-9-21)16(17)23/h2-5,18,21H,6-10H2,1H3/t17-/m0/s1. The van der Waals surface area contributed by atoms with Crippen molar-refractivity contribution >= 4 is 22.7 Å². The SMILES string of the molecule is C[C@]12C(=O)N(CCO)CC(=O)N1CCc1c2[nH]c2ccccc12. The minimum absolute atomic E-state index is 0.0462. The summed E-state index contributed by atoms with van der Waals surface area (Å²) < 4.78 is 0. The van der Waals surface area contributed by atoms with Crippen LogP contribution in [0.3, 0.4) is 0 Å². The third-order valence-corrected chi connectivity index (χ3v) is 5.13. The third-order valence-electron chi connectivity index (χ3n) is 5.13. The number of carbonyl (C=O) groups is 2. The normalized spacial score (nSPS) is 24.1. The van der Waals surface area contributed by atoms with E-state index in [-0.39, 0.29) is 31.5 Å². The van der Waals surface area contributed by atoms with Gasteiger partial charge in [0, 0.05) is 24.0 Å². The Bertz CT molecular complexity index is 813. The molecule has 0 radical (unpaired) electrons. The first kappa shape index (κ1) is 14.3. The number of hydrogen-bond acceptors (Lipinski definition) is 3. The van der Waals surface area contributed by atoms with Gasteiger partial charge in [-0.25, -0.2) is 0 Å². The van der Waals surface area contributed by atoms with Crippen molar-refractivity contribution in [3.05, 3.63) is 35.5 Å². The molecule has 1 aromatic carbocycles. The number of benzene rings is 1. The highest BCUT2D eigenvalue weighted by Crippen LogP contribution is 2.41. The maximum absolute atomic E-state index is 13.1. The fourth-order valence-electron chi connectivity index (χ4n) is 3.98. The molecule has 2 aliphatic heterocycles. The molecule has 0 aliphatic carbocycles. The van der Waals surface area contributed by atoms with Crippen LogP contribution in [-0.4, -0.2) is 57.9 Å². The first-order valence-electron chi connectivity index (χ1n) is 7.88. The Kier molecular flexibility index (Phi) is 2.99. The highest BCUT2D eigenvalue weighted by atomic mass is 16.3. The van der Waals surface area contributed by atoms with Gasteiger partial charge in [0.2, 0.25) is 5.91 Å². The summed E-state index contributed by atoms with van der Waals surface area (Å²) in [6.07, 6.45) is 0.744. The van der Waals surface area contributed by atoms with Crippen LogP contribution in [0.25, 0.3) is 10.9 Å². The Hall–Kier alpha value is -2.34. The monoisotopic (exact) mass is 313 g/mol. The third kappa shape index (κ3) is 1.78. The van der Waals surface area contributed by atoms with E-state index < -0.39 is 5.54 Å². The number of hydrogen-bond donors (Lipinski definition) is 2. The summed E-state index contributed by atoms with van der Waals surface area (Å²) in [6, 6.07) is 7.97. The van der Waals surface area contributed by atoms with Crippen LogP contribution in [0.15, 0.2) is 24.3 Å². The lowest BCUT2D eigenvalue weighted by Crippen LogP contribution is -2.67. The van der Waals surface area contributed by atoms with Crippen molar-refractivity contribution in [3.63, 3.8) is 0 Å². The second-order valence-corrected chi connectivity index (χ2v) is 6.34. The minimum Gasteiger partial charge on any atom is -0.395 e. The van der Waals surface area contributed by atoms with Crippen LogP contribution in [0, 0.1) is 0 Å². The Morgan fingerprint density at radius 2 is 2.09 bits per heavy atom. The minimum atomic E-state index is -1.02. The predicted octanol–water partition coefficient (Wildman–Crippen LogP) is 0.602. The number of aromatic nitrogens is 1. The van der Waals surface area contributed by atoms with E-state index in [1.54, 1.807) is 4.90 Å². The number of nitrogens with one attached hydrogen (secondary N) is 1. The molecule has 3 heterocycles. The van der Waals surface area contributed by atoms with Crippen LogP contribution in [-0.2, 0) is 21.5 Å². The van der Waals surface area contributed by atoms with Gasteiger partial charge in [0.15, 0.2) is 5.54 Å². The van der Waals surface area contributed by atoms with Crippen molar-refractivity contribution in [2.24, 2.45) is 0 Å². The van der Waals surface area contributed by atoms with E-state index in [0.29, 0.717) is 6.54 Å². The van der Waals surface area contributed by atoms with Crippen molar-refractivity contribution in [1.29, 1.82) is 0 Å². The van der Waals surface area contributed by atoms with Gasteiger partial charge in [-0.15, -0.1) is 0 Å². The van der Waals surface area contributed by atoms with Gasteiger partial charge in [-0.2, -0.15) is 0 Å². The molecule has 23 heavy (non-hydrogen) atoms. The van der Waals surface area contributed by atoms with E-state index >= 15 is 0 Å². The van der Waals surface area contributed by atoms with Crippen LogP contribution in [0.2, 0.25) is 0 Å². The molecule has 2 aromatic rings. The second-order valence-electron chi connectivity index (χ2n) is 6.34. The molecule has 2 amide bonds. The smallest absolute Gasteiger partial charge is 0.255 e. The highest BCUT2D eigenvalue weighted by Gasteiger charge is 2.53. The summed E-state index contributed by atoms with van der Waals surface area (Å²) in [7, 11) is 0. The molecular formula is C17H19N3O3. The first-order chi connectivity index (χ1) is 11.1. The van der Waals surface area contributed by atoms with E-state index in [0.717, 1.165) is 28.6 Å². The lowest BCUT2D eigenvalue weighted by molar-refractivity contribution is -0.166. The van der Waals surface area contributed by atoms with Gasteiger partial charge >= 0.3 is 0 Å². The van der Waals surface area contributed by atoms with E-state index in [1.165, 1.54) is 4.90 Å². The zero-order chi connectivity index (χ0) is 16.2. The lowest BCUT2D eigenvalue weighted by atomic mass is 9.83. The molecule has 1 aromatic heterocycles. The summed E-state index contributed by atoms with van der Waals surface area (Å²) >= 11 is 0. The van der Waals surface area contributed by atoms with Crippen molar-refractivity contribution in [1.82, 2.24) is 14.8 Å². The zero-order valence-electron chi connectivity index (χ0n) is 13.0. The molecule has 120 valence electrons. The van der Waals surface area contributed by atoms with Crippen LogP contribution < -0.4 is 0 Å². The summed E-state index contributed by atoms with van der Waals surface area (Å²) in [5.74, 6) is -0.191. The van der Waals surface area contributed by atoms with Gasteiger partial charge in [0.05, 0.1) is 18.8 Å². The average Bonchev–Trinajstić information content (AvgIpc) is 2.93. The van der Waals surface area contributed by atoms with Crippen molar-refractivity contribution in [3.8, 4) is 0 Å². The van der Waals surface area contributed by atoms with Crippen molar-refractivity contribution in [2.75, 3.05) is 26.2 Å². The number of aromatic amines is 1. The van der Waals surface area contributed by atoms with Crippen LogP contribution in [0.5, 0.6) is 0 Å². The summed E-state index contributed by atoms with van der Waals surface area (Å²) in [6.45, 7) is 2.44. The second kappa shape index (κ2) is 4.83. The largest absolute Gasteiger partial charge is 0.395 e. The Morgan fingerprint density at radius 1 is 1.30 bits per heavy atom. The molecule has 2 N–H and O–H groups in total. The summed E-state index contributed by atoms with van der Waals surface area (Å²) in [5.41, 5.74) is 1.90. The van der Waals surface area contributed by atoms with Gasteiger partial charge in [-0.1, -0.05) is 18.2 Å². The van der Waals surface area contributed by atoms with Crippen molar-refractivity contribution in [2.45, 2.75) is 18.9 Å². The molecule has 6 nitrogen and oxygen atoms in total. The average molecular weight is 313 g/mol. The number of fused-ring (bicyclic) bond motifs is 5. The molecule has 1 atom stereocenters.